The van der Waals surface area contributed by atoms with Crippen molar-refractivity contribution in [3.63, 3.8) is 0 Å². The summed E-state index contributed by atoms with van der Waals surface area (Å²) < 4.78 is 0. The van der Waals surface area contributed by atoms with Crippen LogP contribution in [0.4, 0.5) is 5.82 Å². The van der Waals surface area contributed by atoms with E-state index in [1.54, 1.807) is 6.07 Å². The highest BCUT2D eigenvalue weighted by Crippen LogP contribution is 2.37. The number of H-pyrrole nitrogens is 1. The lowest BCUT2D eigenvalue weighted by atomic mass is 10.0. The molecule has 7 nitrogen and oxygen atoms in total. The molecule has 2 heterocycles. The van der Waals surface area contributed by atoms with E-state index < -0.39 is 6.04 Å². The zero-order valence-corrected chi connectivity index (χ0v) is 9.25. The molecular formula is C11H11N5O2. The van der Waals surface area contributed by atoms with Gasteiger partial charge in [0.05, 0.1) is 12.0 Å². The second kappa shape index (κ2) is 3.66. The molecule has 0 fully saturated rings. The van der Waals surface area contributed by atoms with Crippen molar-refractivity contribution < 1.29 is 10.2 Å². The number of phenols is 2. The molecule has 0 aliphatic carbocycles. The van der Waals surface area contributed by atoms with Crippen LogP contribution >= 0.6 is 0 Å². The standard InChI is InChI=1S/C11H11N5O2/c12-11-15-8(9-10(16-11)14-4-13-9)6-2-1-5(17)3-7(6)18/h1-4,8,17-18H,(H,13,14)(H3,12,15,16). The fraction of sp³-hybridized carbons (Fsp3) is 0.0909. The quantitative estimate of drug-likeness (QED) is 0.505. The number of nitrogens with one attached hydrogen (secondary N) is 2. The number of aromatic hydroxyl groups is 2. The van der Waals surface area contributed by atoms with Crippen LogP contribution in [0.3, 0.4) is 0 Å². The van der Waals surface area contributed by atoms with Gasteiger partial charge in [-0.1, -0.05) is 0 Å². The Kier molecular flexibility index (Phi) is 2.12. The van der Waals surface area contributed by atoms with Gasteiger partial charge in [-0.25, -0.2) is 9.98 Å². The SMILES string of the molecule is NC1=NC(c2ccc(O)cc2O)c2[nH]cnc2N1. The predicted octanol–water partition coefficient (Wildman–Crippen LogP) is 0.650. The first kappa shape index (κ1) is 10.5. The number of nitrogens with two attached hydrogens (primary N) is 1. The molecule has 1 atom stereocenters. The Morgan fingerprint density at radius 3 is 2.89 bits per heavy atom. The maximum absolute atomic E-state index is 9.87. The Hall–Kier alpha value is -2.70. The lowest BCUT2D eigenvalue weighted by molar-refractivity contribution is 0.444. The number of aliphatic imine (C=N–C) groups is 1. The highest BCUT2D eigenvalue weighted by Gasteiger charge is 2.26. The summed E-state index contributed by atoms with van der Waals surface area (Å²) in [4.78, 5) is 11.3. The molecule has 6 N–H and O–H groups in total. The number of guanidine groups is 1. The normalized spacial score (nSPS) is 17.8. The van der Waals surface area contributed by atoms with Crippen LogP contribution in [0.25, 0.3) is 0 Å². The summed E-state index contributed by atoms with van der Waals surface area (Å²) in [5.41, 5.74) is 6.93. The van der Waals surface area contributed by atoms with E-state index in [1.807, 2.05) is 0 Å². The number of fused-ring (bicyclic) bond motifs is 1. The van der Waals surface area contributed by atoms with E-state index in [1.165, 1.54) is 18.5 Å². The van der Waals surface area contributed by atoms with Gasteiger partial charge in [-0.3, -0.25) is 0 Å². The summed E-state index contributed by atoms with van der Waals surface area (Å²) in [6.07, 6.45) is 1.52. The molecule has 0 saturated carbocycles. The third-order valence-electron chi connectivity index (χ3n) is 2.77. The Labute approximate surface area is 102 Å². The van der Waals surface area contributed by atoms with Gasteiger partial charge in [0.2, 0.25) is 0 Å². The predicted molar refractivity (Wildman–Crippen MR) is 65.4 cm³/mol. The van der Waals surface area contributed by atoms with Crippen LogP contribution in [0.1, 0.15) is 17.3 Å². The summed E-state index contributed by atoms with van der Waals surface area (Å²) in [5, 5.41) is 22.0. The first-order chi connectivity index (χ1) is 8.65. The van der Waals surface area contributed by atoms with Crippen molar-refractivity contribution >= 4 is 11.8 Å². The maximum Gasteiger partial charge on any atom is 0.195 e. The number of nitrogens with zero attached hydrogens (tertiary/aromatic N) is 2. The minimum absolute atomic E-state index is 0.00744. The van der Waals surface area contributed by atoms with E-state index in [2.05, 4.69) is 20.3 Å². The zero-order chi connectivity index (χ0) is 12.7. The molecule has 0 bridgehead atoms. The summed E-state index contributed by atoms with van der Waals surface area (Å²) in [7, 11) is 0. The van der Waals surface area contributed by atoms with Crippen molar-refractivity contribution in [1.29, 1.82) is 0 Å². The van der Waals surface area contributed by atoms with Gasteiger partial charge < -0.3 is 26.2 Å². The Morgan fingerprint density at radius 1 is 1.28 bits per heavy atom. The Morgan fingerprint density at radius 2 is 2.11 bits per heavy atom. The molecule has 7 heteroatoms. The van der Waals surface area contributed by atoms with Gasteiger partial charge in [0.1, 0.15) is 17.5 Å². The minimum Gasteiger partial charge on any atom is -0.508 e. The number of rotatable bonds is 1. The molecule has 1 aliphatic rings. The third kappa shape index (κ3) is 1.53. The largest absolute Gasteiger partial charge is 0.508 e. The van der Waals surface area contributed by atoms with Crippen molar-refractivity contribution in [2.45, 2.75) is 6.04 Å². The smallest absolute Gasteiger partial charge is 0.195 e. The van der Waals surface area contributed by atoms with E-state index in [0.717, 1.165) is 0 Å². The van der Waals surface area contributed by atoms with Gasteiger partial charge in [-0.15, -0.1) is 0 Å². The summed E-state index contributed by atoms with van der Waals surface area (Å²) >= 11 is 0. The van der Waals surface area contributed by atoms with Gasteiger partial charge in [-0.05, 0) is 12.1 Å². The van der Waals surface area contributed by atoms with Crippen molar-refractivity contribution in [3.8, 4) is 11.5 Å². The molecule has 3 rings (SSSR count). The molecule has 0 radical (unpaired) electrons. The van der Waals surface area contributed by atoms with E-state index in [-0.39, 0.29) is 17.5 Å². The Bertz CT molecular complexity index is 634. The van der Waals surface area contributed by atoms with E-state index >= 15 is 0 Å². The summed E-state index contributed by atoms with van der Waals surface area (Å²) in [6.45, 7) is 0. The Balaban J connectivity index is 2.13. The third-order valence-corrected chi connectivity index (χ3v) is 2.77. The van der Waals surface area contributed by atoms with Crippen molar-refractivity contribution in [2.24, 2.45) is 10.7 Å². The molecule has 0 saturated heterocycles. The zero-order valence-electron chi connectivity index (χ0n) is 9.25. The second-order valence-electron chi connectivity index (χ2n) is 3.95. The monoisotopic (exact) mass is 245 g/mol. The van der Waals surface area contributed by atoms with Crippen LogP contribution in [0.2, 0.25) is 0 Å². The average molecular weight is 245 g/mol. The fourth-order valence-corrected chi connectivity index (χ4v) is 1.96. The number of hydrogen-bond donors (Lipinski definition) is 5. The molecular weight excluding hydrogens is 234 g/mol. The van der Waals surface area contributed by atoms with Crippen molar-refractivity contribution in [1.82, 2.24) is 9.97 Å². The van der Waals surface area contributed by atoms with Gasteiger partial charge in [0.25, 0.3) is 0 Å². The van der Waals surface area contributed by atoms with Gasteiger partial charge in [-0.2, -0.15) is 0 Å². The fourth-order valence-electron chi connectivity index (χ4n) is 1.96. The molecule has 0 amide bonds. The summed E-state index contributed by atoms with van der Waals surface area (Å²) in [5.74, 6) is 0.762. The van der Waals surface area contributed by atoms with Gasteiger partial charge >= 0.3 is 0 Å². The second-order valence-corrected chi connectivity index (χ2v) is 3.95. The van der Waals surface area contributed by atoms with E-state index in [0.29, 0.717) is 17.1 Å². The maximum atomic E-state index is 9.87. The number of anilines is 1. The highest BCUT2D eigenvalue weighted by atomic mass is 16.3. The van der Waals surface area contributed by atoms with Crippen LogP contribution in [0, 0.1) is 0 Å². The summed E-state index contributed by atoms with van der Waals surface area (Å²) in [6, 6.07) is 3.88. The number of aromatic nitrogens is 2. The molecule has 1 aliphatic heterocycles. The van der Waals surface area contributed by atoms with E-state index in [4.69, 9.17) is 5.73 Å². The van der Waals surface area contributed by atoms with Crippen LogP contribution in [0.5, 0.6) is 11.5 Å². The molecule has 0 spiro atoms. The number of benzene rings is 1. The minimum atomic E-state index is -0.468. The number of phenolic OH excluding ortho intramolecular Hbond substituents is 2. The lowest BCUT2D eigenvalue weighted by Crippen LogP contribution is -2.28. The molecule has 18 heavy (non-hydrogen) atoms. The topological polar surface area (TPSA) is 120 Å². The van der Waals surface area contributed by atoms with Crippen LogP contribution < -0.4 is 11.1 Å². The number of hydrogen-bond acceptors (Lipinski definition) is 6. The lowest BCUT2D eigenvalue weighted by Gasteiger charge is -2.20. The number of imidazole rings is 1. The molecule has 1 unspecified atom stereocenters. The van der Waals surface area contributed by atoms with E-state index in [9.17, 15) is 10.2 Å². The van der Waals surface area contributed by atoms with Crippen LogP contribution in [-0.2, 0) is 0 Å². The average Bonchev–Trinajstić information content (AvgIpc) is 2.76. The highest BCUT2D eigenvalue weighted by molar-refractivity contribution is 5.94. The molecule has 1 aromatic heterocycles. The van der Waals surface area contributed by atoms with Gasteiger partial charge in [0, 0.05) is 11.6 Å². The van der Waals surface area contributed by atoms with Crippen LogP contribution in [-0.4, -0.2) is 26.1 Å². The first-order valence-corrected chi connectivity index (χ1v) is 5.30. The first-order valence-electron chi connectivity index (χ1n) is 5.30. The van der Waals surface area contributed by atoms with Gasteiger partial charge in [0.15, 0.2) is 11.8 Å². The molecule has 2 aromatic rings. The van der Waals surface area contributed by atoms with Crippen molar-refractivity contribution in [3.05, 3.63) is 35.8 Å². The molecule has 1 aromatic carbocycles. The van der Waals surface area contributed by atoms with Crippen LogP contribution in [0.15, 0.2) is 29.5 Å². The molecule has 92 valence electrons. The van der Waals surface area contributed by atoms with Crippen molar-refractivity contribution in [2.75, 3.05) is 5.32 Å². The number of aromatic amines is 1.